The van der Waals surface area contributed by atoms with Crippen molar-refractivity contribution in [2.75, 3.05) is 20.0 Å². The van der Waals surface area contributed by atoms with Gasteiger partial charge in [0.25, 0.3) is 0 Å². The summed E-state index contributed by atoms with van der Waals surface area (Å²) in [6, 6.07) is 1.61. The molecule has 0 aliphatic heterocycles. The fourth-order valence-electron chi connectivity index (χ4n) is 1.99. The molecule has 2 rings (SSSR count). The molecule has 1 aromatic carbocycles. The number of aldehydes is 1. The Bertz CT molecular complexity index is 667. The fourth-order valence-corrected chi connectivity index (χ4v) is 2.23. The van der Waals surface area contributed by atoms with E-state index in [2.05, 4.69) is 5.10 Å². The minimum absolute atomic E-state index is 0.234. The fraction of sp³-hybridized carbons (Fsp3) is 0.231. The van der Waals surface area contributed by atoms with Gasteiger partial charge >= 0.3 is 0 Å². The van der Waals surface area contributed by atoms with Gasteiger partial charge in [0.1, 0.15) is 5.82 Å². The number of nitrogens with two attached hydrogens (primary N) is 1. The number of carbonyl (C=O) groups excluding carboxylic acids is 1. The van der Waals surface area contributed by atoms with Crippen molar-refractivity contribution in [1.82, 2.24) is 9.78 Å². The highest BCUT2D eigenvalue weighted by atomic mass is 35.5. The monoisotopic (exact) mass is 295 g/mol. The zero-order chi connectivity index (χ0) is 14.9. The first kappa shape index (κ1) is 14.2. The molecule has 0 fully saturated rings. The lowest BCUT2D eigenvalue weighted by molar-refractivity contribution is 0.112. The average Bonchev–Trinajstić information content (AvgIpc) is 2.77. The van der Waals surface area contributed by atoms with E-state index in [1.54, 1.807) is 19.3 Å². The number of anilines is 1. The molecule has 20 heavy (non-hydrogen) atoms. The first-order chi connectivity index (χ1) is 9.54. The van der Waals surface area contributed by atoms with Crippen molar-refractivity contribution in [2.24, 2.45) is 7.05 Å². The van der Waals surface area contributed by atoms with Gasteiger partial charge in [-0.15, -0.1) is 0 Å². The lowest BCUT2D eigenvalue weighted by Gasteiger charge is -2.15. The van der Waals surface area contributed by atoms with Gasteiger partial charge in [0.15, 0.2) is 17.8 Å². The summed E-state index contributed by atoms with van der Waals surface area (Å²) in [5.74, 6) is 1.12. The van der Waals surface area contributed by atoms with Gasteiger partial charge in [-0.25, -0.2) is 0 Å². The van der Waals surface area contributed by atoms with Gasteiger partial charge in [0.2, 0.25) is 0 Å². The third kappa shape index (κ3) is 2.08. The summed E-state index contributed by atoms with van der Waals surface area (Å²) in [7, 11) is 4.65. The minimum atomic E-state index is 0.234. The van der Waals surface area contributed by atoms with Crippen LogP contribution in [0, 0.1) is 0 Å². The summed E-state index contributed by atoms with van der Waals surface area (Å²) in [4.78, 5) is 11.1. The molecule has 2 aromatic rings. The van der Waals surface area contributed by atoms with Crippen LogP contribution in [-0.2, 0) is 7.05 Å². The molecule has 6 nitrogen and oxygen atoms in total. The number of hydrogen-bond donors (Lipinski definition) is 1. The highest BCUT2D eigenvalue weighted by Gasteiger charge is 2.22. The van der Waals surface area contributed by atoms with Crippen LogP contribution >= 0.6 is 11.6 Å². The Labute approximate surface area is 121 Å². The molecule has 0 saturated heterocycles. The number of halogens is 1. The summed E-state index contributed by atoms with van der Waals surface area (Å²) in [5.41, 5.74) is 7.47. The molecule has 0 amide bonds. The summed E-state index contributed by atoms with van der Waals surface area (Å²) >= 11 is 6.12. The van der Waals surface area contributed by atoms with Crippen molar-refractivity contribution in [3.8, 4) is 22.6 Å². The predicted molar refractivity (Wildman–Crippen MR) is 76.6 cm³/mol. The van der Waals surface area contributed by atoms with E-state index in [-0.39, 0.29) is 16.3 Å². The number of aryl methyl sites for hydroxylation is 1. The van der Waals surface area contributed by atoms with E-state index < -0.39 is 0 Å². The molecular formula is C13H14ClN3O3. The van der Waals surface area contributed by atoms with Gasteiger partial charge in [0, 0.05) is 18.2 Å². The standard InChI is InChI=1S/C13H14ClN3O3/c1-17-13(15)8(5-16-17)7-4-10(14)9(6-18)12(20-3)11(7)19-2/h4-6H,15H2,1-3H3. The van der Waals surface area contributed by atoms with E-state index >= 15 is 0 Å². The van der Waals surface area contributed by atoms with E-state index in [1.165, 1.54) is 18.9 Å². The summed E-state index contributed by atoms with van der Waals surface area (Å²) in [5, 5.41) is 4.34. The number of aromatic nitrogens is 2. The van der Waals surface area contributed by atoms with Gasteiger partial charge in [-0.1, -0.05) is 11.6 Å². The van der Waals surface area contributed by atoms with Crippen LogP contribution < -0.4 is 15.2 Å². The Morgan fingerprint density at radius 2 is 1.95 bits per heavy atom. The van der Waals surface area contributed by atoms with Crippen LogP contribution in [0.25, 0.3) is 11.1 Å². The van der Waals surface area contributed by atoms with Crippen molar-refractivity contribution in [1.29, 1.82) is 0 Å². The van der Waals surface area contributed by atoms with Gasteiger partial charge in [-0.05, 0) is 6.07 Å². The maximum atomic E-state index is 11.1. The molecule has 0 aliphatic carbocycles. The number of methoxy groups -OCH3 is 2. The highest BCUT2D eigenvalue weighted by Crippen LogP contribution is 2.44. The highest BCUT2D eigenvalue weighted by molar-refractivity contribution is 6.33. The van der Waals surface area contributed by atoms with Crippen LogP contribution in [0.4, 0.5) is 5.82 Å². The molecule has 7 heteroatoms. The van der Waals surface area contributed by atoms with E-state index in [4.69, 9.17) is 26.8 Å². The van der Waals surface area contributed by atoms with Crippen LogP contribution in [0.1, 0.15) is 10.4 Å². The van der Waals surface area contributed by atoms with Crippen molar-refractivity contribution in [3.63, 3.8) is 0 Å². The number of nitrogen functional groups attached to an aromatic ring is 1. The third-order valence-corrected chi connectivity index (χ3v) is 3.34. The lowest BCUT2D eigenvalue weighted by atomic mass is 10.0. The van der Waals surface area contributed by atoms with Crippen molar-refractivity contribution in [2.45, 2.75) is 0 Å². The van der Waals surface area contributed by atoms with E-state index in [0.29, 0.717) is 29.0 Å². The Morgan fingerprint density at radius 3 is 2.40 bits per heavy atom. The Hall–Kier alpha value is -2.21. The maximum Gasteiger partial charge on any atom is 0.173 e. The van der Waals surface area contributed by atoms with Crippen LogP contribution in [0.3, 0.4) is 0 Å². The molecule has 0 bridgehead atoms. The van der Waals surface area contributed by atoms with Crippen LogP contribution in [0.15, 0.2) is 12.3 Å². The molecule has 0 spiro atoms. The van der Waals surface area contributed by atoms with Crippen LogP contribution in [0.5, 0.6) is 11.5 Å². The van der Waals surface area contributed by atoms with Crippen molar-refractivity contribution in [3.05, 3.63) is 22.8 Å². The van der Waals surface area contributed by atoms with Gasteiger partial charge < -0.3 is 15.2 Å². The van der Waals surface area contributed by atoms with E-state index in [0.717, 1.165) is 0 Å². The molecule has 0 unspecified atom stereocenters. The van der Waals surface area contributed by atoms with Crippen LogP contribution in [0.2, 0.25) is 5.02 Å². The molecule has 0 atom stereocenters. The second-order valence-electron chi connectivity index (χ2n) is 4.07. The minimum Gasteiger partial charge on any atom is -0.492 e. The first-order valence-electron chi connectivity index (χ1n) is 5.72. The number of rotatable bonds is 4. The van der Waals surface area contributed by atoms with Crippen LogP contribution in [-0.4, -0.2) is 30.3 Å². The van der Waals surface area contributed by atoms with E-state index in [1.807, 2.05) is 0 Å². The molecule has 0 aliphatic rings. The molecule has 0 radical (unpaired) electrons. The molecule has 1 aromatic heterocycles. The second kappa shape index (κ2) is 5.42. The molecule has 2 N–H and O–H groups in total. The van der Waals surface area contributed by atoms with Crippen molar-refractivity contribution < 1.29 is 14.3 Å². The molecule has 106 valence electrons. The summed E-state index contributed by atoms with van der Waals surface area (Å²) in [6.45, 7) is 0. The van der Waals surface area contributed by atoms with Gasteiger partial charge in [0.05, 0.1) is 31.0 Å². The summed E-state index contributed by atoms with van der Waals surface area (Å²) < 4.78 is 12.1. The summed E-state index contributed by atoms with van der Waals surface area (Å²) in [6.07, 6.45) is 2.23. The topological polar surface area (TPSA) is 79.4 Å². The normalized spacial score (nSPS) is 10.4. The van der Waals surface area contributed by atoms with Gasteiger partial charge in [-0.2, -0.15) is 5.10 Å². The first-order valence-corrected chi connectivity index (χ1v) is 6.10. The Balaban J connectivity index is 2.80. The number of hydrogen-bond acceptors (Lipinski definition) is 5. The molecule has 0 saturated carbocycles. The molecule has 1 heterocycles. The number of carbonyl (C=O) groups is 1. The zero-order valence-electron chi connectivity index (χ0n) is 11.3. The average molecular weight is 296 g/mol. The SMILES string of the molecule is COc1c(-c2cnn(C)c2N)cc(Cl)c(C=O)c1OC. The second-order valence-corrected chi connectivity index (χ2v) is 4.48. The number of benzene rings is 1. The lowest BCUT2D eigenvalue weighted by Crippen LogP contribution is -2.01. The van der Waals surface area contributed by atoms with E-state index in [9.17, 15) is 4.79 Å². The Morgan fingerprint density at radius 1 is 1.30 bits per heavy atom. The zero-order valence-corrected chi connectivity index (χ0v) is 12.1. The Kier molecular flexibility index (Phi) is 3.85. The largest absolute Gasteiger partial charge is 0.492 e. The number of ether oxygens (including phenoxy) is 2. The predicted octanol–water partition coefficient (Wildman–Crippen LogP) is 2.15. The molecular weight excluding hydrogens is 282 g/mol. The quantitative estimate of drug-likeness (QED) is 0.874. The number of nitrogens with zero attached hydrogens (tertiary/aromatic N) is 2. The maximum absolute atomic E-state index is 11.1. The third-order valence-electron chi connectivity index (χ3n) is 3.02. The van der Waals surface area contributed by atoms with Crippen molar-refractivity contribution >= 4 is 23.7 Å². The van der Waals surface area contributed by atoms with Gasteiger partial charge in [-0.3, -0.25) is 9.48 Å². The smallest absolute Gasteiger partial charge is 0.173 e.